The van der Waals surface area contributed by atoms with E-state index in [0.29, 0.717) is 11.7 Å². The standard InChI is InChI=1S/C14H17N3O4/c18-12(16-10-4-5-10)6-7-15-14(21)17-11-3-1-2-9(8-11)13(19)20/h1-3,8,10H,4-7H2,(H,16,18)(H,19,20)(H2,15,17,21). The van der Waals surface area contributed by atoms with Gasteiger partial charge >= 0.3 is 12.0 Å². The van der Waals surface area contributed by atoms with Gasteiger partial charge in [0.15, 0.2) is 0 Å². The van der Waals surface area contributed by atoms with Gasteiger partial charge in [-0.3, -0.25) is 4.79 Å². The third-order valence-corrected chi connectivity index (χ3v) is 2.95. The molecule has 112 valence electrons. The van der Waals surface area contributed by atoms with Crippen molar-refractivity contribution in [3.63, 3.8) is 0 Å². The molecule has 1 aliphatic rings. The Bertz CT molecular complexity index is 555. The van der Waals surface area contributed by atoms with E-state index >= 15 is 0 Å². The zero-order valence-corrected chi connectivity index (χ0v) is 11.4. The number of urea groups is 1. The summed E-state index contributed by atoms with van der Waals surface area (Å²) in [4.78, 5) is 33.8. The number of carboxylic acids is 1. The highest BCUT2D eigenvalue weighted by molar-refractivity contribution is 5.93. The largest absolute Gasteiger partial charge is 0.478 e. The number of carbonyl (C=O) groups is 3. The molecule has 1 aromatic carbocycles. The number of amides is 3. The number of rotatable bonds is 6. The maximum atomic E-state index is 11.6. The Balaban J connectivity index is 1.72. The van der Waals surface area contributed by atoms with Gasteiger partial charge in [0, 0.05) is 24.7 Å². The molecule has 0 atom stereocenters. The molecule has 7 nitrogen and oxygen atoms in total. The average Bonchev–Trinajstić information content (AvgIpc) is 3.22. The molecule has 0 heterocycles. The van der Waals surface area contributed by atoms with Gasteiger partial charge in [0.2, 0.25) is 5.91 Å². The van der Waals surface area contributed by atoms with Crippen molar-refractivity contribution in [2.45, 2.75) is 25.3 Å². The van der Waals surface area contributed by atoms with Crippen molar-refractivity contribution in [1.29, 1.82) is 0 Å². The first kappa shape index (κ1) is 14.8. The lowest BCUT2D eigenvalue weighted by Gasteiger charge is -2.08. The van der Waals surface area contributed by atoms with Crippen LogP contribution in [0.4, 0.5) is 10.5 Å². The molecule has 0 spiro atoms. The monoisotopic (exact) mass is 291 g/mol. The molecule has 3 amide bonds. The average molecular weight is 291 g/mol. The van der Waals surface area contributed by atoms with Crippen LogP contribution < -0.4 is 16.0 Å². The molecule has 0 saturated heterocycles. The minimum atomic E-state index is -1.06. The first-order chi connectivity index (χ1) is 10.0. The number of carboxylic acid groups (broad SMARTS) is 1. The maximum absolute atomic E-state index is 11.6. The summed E-state index contributed by atoms with van der Waals surface area (Å²) in [6, 6.07) is 5.77. The van der Waals surface area contributed by atoms with Gasteiger partial charge < -0.3 is 21.1 Å². The number of nitrogens with one attached hydrogen (secondary N) is 3. The van der Waals surface area contributed by atoms with E-state index in [1.165, 1.54) is 12.1 Å². The summed E-state index contributed by atoms with van der Waals surface area (Å²) >= 11 is 0. The van der Waals surface area contributed by atoms with E-state index in [-0.39, 0.29) is 24.4 Å². The molecule has 0 unspecified atom stereocenters. The van der Waals surface area contributed by atoms with Crippen LogP contribution in [-0.4, -0.2) is 35.6 Å². The maximum Gasteiger partial charge on any atom is 0.335 e. The Hall–Kier alpha value is -2.57. The Kier molecular flexibility index (Phi) is 4.76. The Morgan fingerprint density at radius 2 is 2.00 bits per heavy atom. The van der Waals surface area contributed by atoms with E-state index in [0.717, 1.165) is 12.8 Å². The molecule has 0 aromatic heterocycles. The minimum Gasteiger partial charge on any atom is -0.478 e. The highest BCUT2D eigenvalue weighted by atomic mass is 16.4. The number of hydrogen-bond donors (Lipinski definition) is 4. The van der Waals surface area contributed by atoms with Crippen LogP contribution in [0.25, 0.3) is 0 Å². The zero-order chi connectivity index (χ0) is 15.2. The first-order valence-corrected chi connectivity index (χ1v) is 6.72. The molecule has 0 bridgehead atoms. The van der Waals surface area contributed by atoms with Crippen molar-refractivity contribution in [2.75, 3.05) is 11.9 Å². The van der Waals surface area contributed by atoms with Crippen LogP contribution in [0.2, 0.25) is 0 Å². The molecule has 0 radical (unpaired) electrons. The molecular weight excluding hydrogens is 274 g/mol. The highest BCUT2D eigenvalue weighted by Gasteiger charge is 2.22. The normalized spacial score (nSPS) is 13.3. The summed E-state index contributed by atoms with van der Waals surface area (Å²) in [5.74, 6) is -1.14. The Morgan fingerprint density at radius 3 is 2.67 bits per heavy atom. The van der Waals surface area contributed by atoms with Crippen LogP contribution >= 0.6 is 0 Å². The van der Waals surface area contributed by atoms with Crippen molar-refractivity contribution in [1.82, 2.24) is 10.6 Å². The number of carbonyl (C=O) groups excluding carboxylic acids is 2. The summed E-state index contributed by atoms with van der Waals surface area (Å²) < 4.78 is 0. The lowest BCUT2D eigenvalue weighted by atomic mass is 10.2. The second-order valence-electron chi connectivity index (χ2n) is 4.86. The summed E-state index contributed by atoms with van der Waals surface area (Å²) in [6.07, 6.45) is 2.28. The van der Waals surface area contributed by atoms with Gasteiger partial charge in [-0.15, -0.1) is 0 Å². The fraction of sp³-hybridized carbons (Fsp3) is 0.357. The van der Waals surface area contributed by atoms with Gasteiger partial charge in [0.05, 0.1) is 5.56 Å². The van der Waals surface area contributed by atoms with Crippen molar-refractivity contribution >= 4 is 23.6 Å². The summed E-state index contributed by atoms with van der Waals surface area (Å²) in [5.41, 5.74) is 0.478. The van der Waals surface area contributed by atoms with Crippen molar-refractivity contribution in [2.24, 2.45) is 0 Å². The van der Waals surface area contributed by atoms with Crippen LogP contribution in [0.3, 0.4) is 0 Å². The summed E-state index contributed by atoms with van der Waals surface area (Å²) in [5, 5.41) is 16.7. The number of anilines is 1. The van der Waals surface area contributed by atoms with Crippen molar-refractivity contribution < 1.29 is 19.5 Å². The molecule has 7 heteroatoms. The van der Waals surface area contributed by atoms with E-state index in [4.69, 9.17) is 5.11 Å². The van der Waals surface area contributed by atoms with E-state index in [2.05, 4.69) is 16.0 Å². The van der Waals surface area contributed by atoms with Gasteiger partial charge in [-0.1, -0.05) is 6.07 Å². The fourth-order valence-corrected chi connectivity index (χ4v) is 1.72. The molecule has 0 aliphatic heterocycles. The SMILES string of the molecule is O=C(CCNC(=O)Nc1cccc(C(=O)O)c1)NC1CC1. The smallest absolute Gasteiger partial charge is 0.335 e. The minimum absolute atomic E-state index is 0.0781. The molecule has 1 fully saturated rings. The van der Waals surface area contributed by atoms with Crippen molar-refractivity contribution in [3.8, 4) is 0 Å². The van der Waals surface area contributed by atoms with Crippen LogP contribution in [0.15, 0.2) is 24.3 Å². The molecule has 4 N–H and O–H groups in total. The molecule has 2 rings (SSSR count). The fourth-order valence-electron chi connectivity index (χ4n) is 1.72. The second-order valence-corrected chi connectivity index (χ2v) is 4.86. The quantitative estimate of drug-likeness (QED) is 0.631. The van der Waals surface area contributed by atoms with Crippen LogP contribution in [0.5, 0.6) is 0 Å². The molecular formula is C14H17N3O4. The zero-order valence-electron chi connectivity index (χ0n) is 11.4. The lowest BCUT2D eigenvalue weighted by molar-refractivity contribution is -0.121. The predicted octanol–water partition coefficient (Wildman–Crippen LogP) is 1.17. The van der Waals surface area contributed by atoms with E-state index < -0.39 is 12.0 Å². The van der Waals surface area contributed by atoms with Gasteiger partial charge in [-0.05, 0) is 31.0 Å². The van der Waals surface area contributed by atoms with Crippen molar-refractivity contribution in [3.05, 3.63) is 29.8 Å². The summed E-state index contributed by atoms with van der Waals surface area (Å²) in [6.45, 7) is 0.225. The van der Waals surface area contributed by atoms with Crippen LogP contribution in [-0.2, 0) is 4.79 Å². The molecule has 21 heavy (non-hydrogen) atoms. The summed E-state index contributed by atoms with van der Waals surface area (Å²) in [7, 11) is 0. The topological polar surface area (TPSA) is 108 Å². The Labute approximate surface area is 121 Å². The Morgan fingerprint density at radius 1 is 1.24 bits per heavy atom. The van der Waals surface area contributed by atoms with E-state index in [1.54, 1.807) is 12.1 Å². The highest BCUT2D eigenvalue weighted by Crippen LogP contribution is 2.18. The van der Waals surface area contributed by atoms with Crippen LogP contribution in [0.1, 0.15) is 29.6 Å². The van der Waals surface area contributed by atoms with Gasteiger partial charge in [0.25, 0.3) is 0 Å². The number of hydrogen-bond acceptors (Lipinski definition) is 3. The third-order valence-electron chi connectivity index (χ3n) is 2.95. The number of aromatic carboxylic acids is 1. The lowest BCUT2D eigenvalue weighted by Crippen LogP contribution is -2.34. The van der Waals surface area contributed by atoms with E-state index in [9.17, 15) is 14.4 Å². The van der Waals surface area contributed by atoms with Crippen LogP contribution in [0, 0.1) is 0 Å². The molecule has 1 aliphatic carbocycles. The number of benzene rings is 1. The molecule has 1 aromatic rings. The second kappa shape index (κ2) is 6.74. The molecule has 1 saturated carbocycles. The van der Waals surface area contributed by atoms with Gasteiger partial charge in [-0.25, -0.2) is 9.59 Å². The predicted molar refractivity (Wildman–Crippen MR) is 76.2 cm³/mol. The first-order valence-electron chi connectivity index (χ1n) is 6.72. The third kappa shape index (κ3) is 5.13. The van der Waals surface area contributed by atoms with E-state index in [1.807, 2.05) is 0 Å². The van der Waals surface area contributed by atoms with Gasteiger partial charge in [0.1, 0.15) is 0 Å². The van der Waals surface area contributed by atoms with Gasteiger partial charge in [-0.2, -0.15) is 0 Å².